The Labute approximate surface area is 158 Å². The number of aromatic nitrogens is 2. The van der Waals surface area contributed by atoms with Crippen molar-refractivity contribution < 1.29 is 14.3 Å². The summed E-state index contributed by atoms with van der Waals surface area (Å²) in [5, 5.41) is 10.8. The molecule has 27 heavy (non-hydrogen) atoms. The van der Waals surface area contributed by atoms with Gasteiger partial charge in [-0.1, -0.05) is 12.1 Å². The van der Waals surface area contributed by atoms with Crippen molar-refractivity contribution in [1.82, 2.24) is 10.2 Å². The van der Waals surface area contributed by atoms with Crippen LogP contribution in [0.3, 0.4) is 0 Å². The molecule has 3 rings (SSSR count). The van der Waals surface area contributed by atoms with E-state index in [0.29, 0.717) is 5.69 Å². The maximum Gasteiger partial charge on any atom is 0.359 e. The number of aryl methyl sites for hydroxylation is 2. The van der Waals surface area contributed by atoms with Gasteiger partial charge in [0.15, 0.2) is 17.6 Å². The molecule has 2 heterocycles. The molecule has 1 unspecified atom stereocenters. The SMILES string of the molecule is Cc1ccc(C)c(NC(=O)C(C)OC(=O)c2ccc(N3CCCC3)nn2)c1. The average Bonchev–Trinajstić information content (AvgIpc) is 3.19. The molecule has 1 N–H and O–H groups in total. The highest BCUT2D eigenvalue weighted by molar-refractivity contribution is 5.97. The number of benzene rings is 1. The molecule has 1 fully saturated rings. The van der Waals surface area contributed by atoms with Gasteiger partial charge in [0.1, 0.15) is 0 Å². The second-order valence-electron chi connectivity index (χ2n) is 6.83. The predicted octanol–water partition coefficient (Wildman–Crippen LogP) is 2.88. The third-order valence-electron chi connectivity index (χ3n) is 4.59. The Balaban J connectivity index is 1.59. The minimum absolute atomic E-state index is 0.0873. The predicted molar refractivity (Wildman–Crippen MR) is 103 cm³/mol. The number of carbonyl (C=O) groups excluding carboxylic acids is 2. The quantitative estimate of drug-likeness (QED) is 0.817. The number of rotatable bonds is 5. The topological polar surface area (TPSA) is 84.4 Å². The van der Waals surface area contributed by atoms with E-state index in [0.717, 1.165) is 42.9 Å². The molecule has 1 aliphatic heterocycles. The average molecular weight is 368 g/mol. The number of nitrogens with one attached hydrogen (secondary N) is 1. The first-order valence-electron chi connectivity index (χ1n) is 9.12. The largest absolute Gasteiger partial charge is 0.448 e. The van der Waals surface area contributed by atoms with Gasteiger partial charge < -0.3 is 15.0 Å². The molecule has 0 aliphatic carbocycles. The molecule has 7 nitrogen and oxygen atoms in total. The van der Waals surface area contributed by atoms with E-state index in [4.69, 9.17) is 4.74 Å². The monoisotopic (exact) mass is 368 g/mol. The van der Waals surface area contributed by atoms with E-state index in [-0.39, 0.29) is 5.69 Å². The lowest BCUT2D eigenvalue weighted by molar-refractivity contribution is -0.123. The van der Waals surface area contributed by atoms with Gasteiger partial charge in [-0.2, -0.15) is 0 Å². The summed E-state index contributed by atoms with van der Waals surface area (Å²) in [6, 6.07) is 9.12. The van der Waals surface area contributed by atoms with Gasteiger partial charge in [0, 0.05) is 18.8 Å². The highest BCUT2D eigenvalue weighted by atomic mass is 16.5. The summed E-state index contributed by atoms with van der Waals surface area (Å²) in [5.41, 5.74) is 2.77. The van der Waals surface area contributed by atoms with Crippen molar-refractivity contribution in [3.05, 3.63) is 47.2 Å². The van der Waals surface area contributed by atoms with E-state index < -0.39 is 18.0 Å². The van der Waals surface area contributed by atoms with Crippen LogP contribution in [0.4, 0.5) is 11.5 Å². The van der Waals surface area contributed by atoms with Crippen LogP contribution in [-0.4, -0.2) is 41.3 Å². The Morgan fingerprint density at radius 2 is 1.85 bits per heavy atom. The summed E-state index contributed by atoms with van der Waals surface area (Å²) in [5.74, 6) is -0.303. The van der Waals surface area contributed by atoms with Crippen LogP contribution in [0.15, 0.2) is 30.3 Å². The van der Waals surface area contributed by atoms with Crippen molar-refractivity contribution in [2.45, 2.75) is 39.7 Å². The molecular formula is C20H24N4O3. The van der Waals surface area contributed by atoms with Crippen molar-refractivity contribution in [2.75, 3.05) is 23.3 Å². The van der Waals surface area contributed by atoms with Crippen LogP contribution in [-0.2, 0) is 9.53 Å². The lowest BCUT2D eigenvalue weighted by Gasteiger charge is -2.16. The van der Waals surface area contributed by atoms with Gasteiger partial charge in [0.05, 0.1) is 0 Å². The molecule has 7 heteroatoms. The van der Waals surface area contributed by atoms with Crippen LogP contribution in [0.2, 0.25) is 0 Å². The fourth-order valence-corrected chi connectivity index (χ4v) is 2.93. The molecular weight excluding hydrogens is 344 g/mol. The zero-order chi connectivity index (χ0) is 19.4. The van der Waals surface area contributed by atoms with Crippen LogP contribution >= 0.6 is 0 Å². The third-order valence-corrected chi connectivity index (χ3v) is 4.59. The minimum atomic E-state index is -0.947. The van der Waals surface area contributed by atoms with Gasteiger partial charge >= 0.3 is 5.97 Å². The number of esters is 1. The first-order valence-corrected chi connectivity index (χ1v) is 9.12. The number of ether oxygens (including phenoxy) is 1. The van der Waals surface area contributed by atoms with Crippen molar-refractivity contribution in [3.8, 4) is 0 Å². The van der Waals surface area contributed by atoms with Crippen molar-refractivity contribution in [1.29, 1.82) is 0 Å². The summed E-state index contributed by atoms with van der Waals surface area (Å²) in [7, 11) is 0. The van der Waals surface area contributed by atoms with E-state index in [9.17, 15) is 9.59 Å². The van der Waals surface area contributed by atoms with Crippen LogP contribution in [0.1, 0.15) is 41.4 Å². The molecule has 1 amide bonds. The number of anilines is 2. The van der Waals surface area contributed by atoms with E-state index in [1.54, 1.807) is 12.1 Å². The number of carbonyl (C=O) groups is 2. The summed E-state index contributed by atoms with van der Waals surface area (Å²) in [6.45, 7) is 7.29. The fourth-order valence-electron chi connectivity index (χ4n) is 2.93. The number of hydrogen-bond acceptors (Lipinski definition) is 6. The summed E-state index contributed by atoms with van der Waals surface area (Å²) < 4.78 is 5.24. The van der Waals surface area contributed by atoms with E-state index in [2.05, 4.69) is 20.4 Å². The first-order chi connectivity index (χ1) is 12.9. The zero-order valence-electron chi connectivity index (χ0n) is 15.9. The number of amides is 1. The molecule has 0 bridgehead atoms. The Morgan fingerprint density at radius 3 is 2.52 bits per heavy atom. The number of nitrogens with zero attached hydrogens (tertiary/aromatic N) is 3. The fraction of sp³-hybridized carbons (Fsp3) is 0.400. The summed E-state index contributed by atoms with van der Waals surface area (Å²) in [4.78, 5) is 26.7. The van der Waals surface area contributed by atoms with E-state index in [1.165, 1.54) is 6.92 Å². The molecule has 1 aromatic heterocycles. The maximum atomic E-state index is 12.3. The van der Waals surface area contributed by atoms with Crippen LogP contribution in [0.5, 0.6) is 0 Å². The van der Waals surface area contributed by atoms with Gasteiger partial charge in [-0.3, -0.25) is 4.79 Å². The van der Waals surface area contributed by atoms with Gasteiger partial charge in [-0.05, 0) is 62.9 Å². The lowest BCUT2D eigenvalue weighted by Crippen LogP contribution is -2.30. The Hall–Kier alpha value is -2.96. The second kappa shape index (κ2) is 8.16. The second-order valence-corrected chi connectivity index (χ2v) is 6.83. The minimum Gasteiger partial charge on any atom is -0.448 e. The molecule has 1 saturated heterocycles. The zero-order valence-corrected chi connectivity index (χ0v) is 15.9. The van der Waals surface area contributed by atoms with Gasteiger partial charge in [-0.25, -0.2) is 4.79 Å². The smallest absolute Gasteiger partial charge is 0.359 e. The molecule has 0 radical (unpaired) electrons. The summed E-state index contributed by atoms with van der Waals surface area (Å²) in [6.07, 6.45) is 1.33. The van der Waals surface area contributed by atoms with Crippen molar-refractivity contribution in [2.24, 2.45) is 0 Å². The van der Waals surface area contributed by atoms with Gasteiger partial charge in [-0.15, -0.1) is 10.2 Å². The number of hydrogen-bond donors (Lipinski definition) is 1. The Kier molecular flexibility index (Phi) is 5.69. The highest BCUT2D eigenvalue weighted by Gasteiger charge is 2.21. The standard InChI is InChI=1S/C20H24N4O3/c1-13-6-7-14(2)17(12-13)21-19(25)15(3)27-20(26)16-8-9-18(23-22-16)24-10-4-5-11-24/h6-9,12,15H,4-5,10-11H2,1-3H3,(H,21,25). The summed E-state index contributed by atoms with van der Waals surface area (Å²) >= 11 is 0. The van der Waals surface area contributed by atoms with E-state index >= 15 is 0 Å². The van der Waals surface area contributed by atoms with Crippen LogP contribution in [0, 0.1) is 13.8 Å². The van der Waals surface area contributed by atoms with E-state index in [1.807, 2.05) is 32.0 Å². The van der Waals surface area contributed by atoms with Crippen LogP contribution in [0.25, 0.3) is 0 Å². The first kappa shape index (κ1) is 18.8. The highest BCUT2D eigenvalue weighted by Crippen LogP contribution is 2.18. The third kappa shape index (κ3) is 4.61. The molecule has 1 atom stereocenters. The molecule has 2 aromatic rings. The molecule has 0 saturated carbocycles. The molecule has 1 aliphatic rings. The Bertz CT molecular complexity index is 830. The molecule has 142 valence electrons. The van der Waals surface area contributed by atoms with Crippen LogP contribution < -0.4 is 10.2 Å². The Morgan fingerprint density at radius 1 is 1.11 bits per heavy atom. The maximum absolute atomic E-state index is 12.3. The lowest BCUT2D eigenvalue weighted by atomic mass is 10.1. The van der Waals surface area contributed by atoms with Gasteiger partial charge in [0.2, 0.25) is 0 Å². The molecule has 0 spiro atoms. The van der Waals surface area contributed by atoms with Crippen molar-refractivity contribution >= 4 is 23.4 Å². The normalized spacial score (nSPS) is 14.7. The van der Waals surface area contributed by atoms with Crippen molar-refractivity contribution in [3.63, 3.8) is 0 Å². The molecule has 1 aromatic carbocycles. The van der Waals surface area contributed by atoms with Gasteiger partial charge in [0.25, 0.3) is 5.91 Å².